The van der Waals surface area contributed by atoms with Crippen LogP contribution in [-0.2, 0) is 0 Å². The molecular formula is C18H14ClN5O2. The van der Waals surface area contributed by atoms with Crippen molar-refractivity contribution in [2.24, 2.45) is 0 Å². The number of carboxylic acid groups (broad SMARTS) is 1. The zero-order chi connectivity index (χ0) is 17.6. The van der Waals surface area contributed by atoms with Crippen molar-refractivity contribution in [1.29, 1.82) is 5.26 Å². The Hall–Kier alpha value is -3.63. The lowest BCUT2D eigenvalue weighted by molar-refractivity contribution is 0.0697. The Morgan fingerprint density at radius 2 is 1.77 bits per heavy atom. The topological polar surface area (TPSA) is 111 Å². The third-order valence-electron chi connectivity index (χ3n) is 3.35. The van der Waals surface area contributed by atoms with Crippen LogP contribution in [0.5, 0.6) is 0 Å². The largest absolute Gasteiger partial charge is 0.478 e. The molecule has 0 aliphatic carbocycles. The van der Waals surface area contributed by atoms with Crippen LogP contribution in [0, 0.1) is 11.3 Å². The number of hydrogen-bond acceptors (Lipinski definition) is 6. The van der Waals surface area contributed by atoms with Gasteiger partial charge in [0, 0.05) is 11.9 Å². The molecule has 1 heterocycles. The number of nitriles is 1. The maximum Gasteiger partial charge on any atom is 0.335 e. The van der Waals surface area contributed by atoms with Crippen LogP contribution in [0.3, 0.4) is 0 Å². The first kappa shape index (κ1) is 18.7. The maximum atomic E-state index is 10.9. The molecule has 3 N–H and O–H groups in total. The monoisotopic (exact) mass is 367 g/mol. The molecule has 3 aromatic rings. The summed E-state index contributed by atoms with van der Waals surface area (Å²) in [7, 11) is 0. The number of hydrogen-bond donors (Lipinski definition) is 3. The summed E-state index contributed by atoms with van der Waals surface area (Å²) in [6.07, 6.45) is 1.58. The van der Waals surface area contributed by atoms with Crippen molar-refractivity contribution < 1.29 is 9.90 Å². The Morgan fingerprint density at radius 1 is 1.04 bits per heavy atom. The van der Waals surface area contributed by atoms with E-state index in [0.717, 1.165) is 0 Å². The van der Waals surface area contributed by atoms with Crippen molar-refractivity contribution in [3.05, 3.63) is 71.9 Å². The summed E-state index contributed by atoms with van der Waals surface area (Å²) in [5.74, 6) is -0.102. The van der Waals surface area contributed by atoms with Gasteiger partial charge in [0.05, 0.1) is 16.8 Å². The highest BCUT2D eigenvalue weighted by atomic mass is 35.5. The average molecular weight is 368 g/mol. The zero-order valence-corrected chi connectivity index (χ0v) is 14.2. The second-order valence-corrected chi connectivity index (χ2v) is 5.06. The van der Waals surface area contributed by atoms with Crippen molar-refractivity contribution in [3.8, 4) is 6.07 Å². The van der Waals surface area contributed by atoms with Crippen LogP contribution in [0.2, 0.25) is 0 Å². The van der Waals surface area contributed by atoms with Gasteiger partial charge in [-0.25, -0.2) is 9.78 Å². The first-order chi connectivity index (χ1) is 12.2. The highest BCUT2D eigenvalue weighted by molar-refractivity contribution is 5.88. The summed E-state index contributed by atoms with van der Waals surface area (Å²) in [6, 6.07) is 17.2. The minimum Gasteiger partial charge on any atom is -0.478 e. The lowest BCUT2D eigenvalue weighted by Gasteiger charge is -2.09. The van der Waals surface area contributed by atoms with E-state index in [2.05, 4.69) is 26.7 Å². The standard InChI is InChI=1S/C18H13N5O2.ClH/c19-11-13-3-1-2-4-15(13)22-16-9-10-20-18(23-16)21-14-7-5-12(6-8-14)17(24)25;/h1-10H,(H,24,25)(H2,20,21,22,23);1H. The van der Waals surface area contributed by atoms with Crippen LogP contribution in [0.4, 0.5) is 23.1 Å². The number of halogens is 1. The van der Waals surface area contributed by atoms with Crippen LogP contribution in [0.25, 0.3) is 0 Å². The van der Waals surface area contributed by atoms with Gasteiger partial charge in [-0.2, -0.15) is 10.2 Å². The first-order valence-electron chi connectivity index (χ1n) is 7.35. The molecule has 8 heteroatoms. The van der Waals surface area contributed by atoms with Gasteiger partial charge in [-0.15, -0.1) is 12.4 Å². The van der Waals surface area contributed by atoms with Gasteiger partial charge in [0.2, 0.25) is 5.95 Å². The zero-order valence-electron chi connectivity index (χ0n) is 13.4. The summed E-state index contributed by atoms with van der Waals surface area (Å²) < 4.78 is 0. The van der Waals surface area contributed by atoms with Crippen LogP contribution in [0.15, 0.2) is 60.8 Å². The molecule has 0 aliphatic heterocycles. The fourth-order valence-electron chi connectivity index (χ4n) is 2.14. The minimum absolute atomic E-state index is 0. The molecule has 0 saturated heterocycles. The molecule has 0 spiro atoms. The molecule has 0 amide bonds. The second-order valence-electron chi connectivity index (χ2n) is 5.06. The number of aromatic carboxylic acids is 1. The van der Waals surface area contributed by atoms with Crippen LogP contribution in [-0.4, -0.2) is 21.0 Å². The van der Waals surface area contributed by atoms with Gasteiger partial charge >= 0.3 is 5.97 Å². The van der Waals surface area contributed by atoms with Gasteiger partial charge in [-0.05, 0) is 42.5 Å². The Morgan fingerprint density at radius 3 is 2.46 bits per heavy atom. The van der Waals surface area contributed by atoms with Gasteiger partial charge in [-0.1, -0.05) is 12.1 Å². The van der Waals surface area contributed by atoms with Crippen molar-refractivity contribution in [2.75, 3.05) is 10.6 Å². The predicted octanol–water partition coefficient (Wildman–Crippen LogP) is 3.96. The molecule has 0 saturated carbocycles. The number of carboxylic acids is 1. The van der Waals surface area contributed by atoms with E-state index in [1.54, 1.807) is 42.6 Å². The molecule has 130 valence electrons. The minimum atomic E-state index is -0.981. The number of rotatable bonds is 5. The molecule has 7 nitrogen and oxygen atoms in total. The molecule has 0 fully saturated rings. The Bertz CT molecular complexity index is 954. The van der Waals surface area contributed by atoms with Crippen LogP contribution < -0.4 is 10.6 Å². The normalized spacial score (nSPS) is 9.50. The third kappa shape index (κ3) is 4.47. The van der Waals surface area contributed by atoms with E-state index in [-0.39, 0.29) is 18.0 Å². The Kier molecular flexibility index (Phi) is 6.09. The predicted molar refractivity (Wildman–Crippen MR) is 100 cm³/mol. The van der Waals surface area contributed by atoms with Gasteiger partial charge in [0.1, 0.15) is 11.9 Å². The molecule has 1 aromatic heterocycles. The average Bonchev–Trinajstić information content (AvgIpc) is 2.63. The number of benzene rings is 2. The molecule has 26 heavy (non-hydrogen) atoms. The van der Waals surface area contributed by atoms with Crippen molar-refractivity contribution in [1.82, 2.24) is 9.97 Å². The summed E-state index contributed by atoms with van der Waals surface area (Å²) in [4.78, 5) is 19.3. The van der Waals surface area contributed by atoms with E-state index in [0.29, 0.717) is 28.7 Å². The summed E-state index contributed by atoms with van der Waals surface area (Å²) in [6.45, 7) is 0. The molecule has 0 bridgehead atoms. The molecule has 0 radical (unpaired) electrons. The summed E-state index contributed by atoms with van der Waals surface area (Å²) >= 11 is 0. The third-order valence-corrected chi connectivity index (χ3v) is 3.35. The molecule has 0 aliphatic rings. The SMILES string of the molecule is Cl.N#Cc1ccccc1Nc1ccnc(Nc2ccc(C(=O)O)cc2)n1. The van der Waals surface area contributed by atoms with Crippen LogP contribution >= 0.6 is 12.4 Å². The Balaban J connectivity index is 0.00000243. The van der Waals surface area contributed by atoms with Gasteiger partial charge in [0.15, 0.2) is 0 Å². The van der Waals surface area contributed by atoms with E-state index in [9.17, 15) is 4.79 Å². The Labute approximate surface area is 155 Å². The summed E-state index contributed by atoms with van der Waals surface area (Å²) in [5, 5.41) is 24.1. The van der Waals surface area contributed by atoms with Crippen molar-refractivity contribution >= 4 is 41.5 Å². The summed E-state index contributed by atoms with van der Waals surface area (Å²) in [5.41, 5.74) is 2.04. The molecule has 0 unspecified atom stereocenters. The van der Waals surface area contributed by atoms with Crippen molar-refractivity contribution in [2.45, 2.75) is 0 Å². The van der Waals surface area contributed by atoms with Gasteiger partial charge < -0.3 is 15.7 Å². The maximum absolute atomic E-state index is 10.9. The molecule has 2 aromatic carbocycles. The number of para-hydroxylation sites is 1. The fourth-order valence-corrected chi connectivity index (χ4v) is 2.14. The first-order valence-corrected chi connectivity index (χ1v) is 7.35. The van der Waals surface area contributed by atoms with E-state index in [1.807, 2.05) is 6.07 Å². The van der Waals surface area contributed by atoms with Crippen LogP contribution in [0.1, 0.15) is 15.9 Å². The van der Waals surface area contributed by atoms with E-state index in [4.69, 9.17) is 10.4 Å². The smallest absolute Gasteiger partial charge is 0.335 e. The number of aromatic nitrogens is 2. The fraction of sp³-hybridized carbons (Fsp3) is 0. The molecule has 3 rings (SSSR count). The second kappa shape index (κ2) is 8.46. The lowest BCUT2D eigenvalue weighted by atomic mass is 10.2. The van der Waals surface area contributed by atoms with Gasteiger partial charge in [-0.3, -0.25) is 0 Å². The number of carbonyl (C=O) groups is 1. The van der Waals surface area contributed by atoms with Crippen molar-refractivity contribution in [3.63, 3.8) is 0 Å². The van der Waals surface area contributed by atoms with Gasteiger partial charge in [0.25, 0.3) is 0 Å². The highest BCUT2D eigenvalue weighted by Crippen LogP contribution is 2.20. The highest BCUT2D eigenvalue weighted by Gasteiger charge is 2.05. The molecular weight excluding hydrogens is 354 g/mol. The van der Waals surface area contributed by atoms with E-state index in [1.165, 1.54) is 12.1 Å². The number of anilines is 4. The lowest BCUT2D eigenvalue weighted by Crippen LogP contribution is -2.02. The quantitative estimate of drug-likeness (QED) is 0.625. The number of nitrogens with zero attached hydrogens (tertiary/aromatic N) is 3. The molecule has 0 atom stereocenters. The van der Waals surface area contributed by atoms with E-state index >= 15 is 0 Å². The van der Waals surface area contributed by atoms with E-state index < -0.39 is 5.97 Å². The number of nitrogens with one attached hydrogen (secondary N) is 2.